The second kappa shape index (κ2) is 29.5. The lowest BCUT2D eigenvalue weighted by molar-refractivity contribution is -0.119. The first-order valence-corrected chi connectivity index (χ1v) is 25.3. The topological polar surface area (TPSA) is 73.4 Å². The number of piperidine rings is 2. The molecule has 2 aliphatic rings. The van der Waals surface area contributed by atoms with Gasteiger partial charge in [-0.15, -0.1) is 0 Å². The lowest BCUT2D eigenvalue weighted by atomic mass is 9.96. The van der Waals surface area contributed by atoms with Crippen molar-refractivity contribution in [3.8, 4) is 0 Å². The summed E-state index contributed by atoms with van der Waals surface area (Å²) in [6, 6.07) is 44.8. The molecule has 0 bridgehead atoms. The molecule has 8 nitrogen and oxygen atoms in total. The van der Waals surface area contributed by atoms with E-state index >= 15 is 0 Å². The van der Waals surface area contributed by atoms with Crippen LogP contribution in [0.3, 0.4) is 0 Å². The standard InChI is InChI=1S/C23H28F2N2O.C23H28N2O3.C8H7BrF2.C2H6/c1-2-22(28)27(21-13-7-4-8-14-21)17-19-10-9-15-26(16-19)18-23(24,25)20-11-5-3-6-12-20;1-2-22(26)25(21-13-7-4-8-14-21)17-20-12-9-15-24(16-20)23(27)28-18-19-10-5-3-6-11-19;9-6-8(10,11)7-4-2-1-3-5-7;1-2/h3-8,11-14,19H,2,9-10,15-18H2,1H3;3-8,10-11,13-14,20H,2,9,12,15-18H2,1H3;1-5H,6H2;1-2H3/t19-;20-;;/m11../s1. The number of ether oxygens (including phenoxy) is 1. The van der Waals surface area contributed by atoms with E-state index in [4.69, 9.17) is 4.74 Å². The van der Waals surface area contributed by atoms with Gasteiger partial charge in [-0.05, 0) is 73.9 Å². The smallest absolute Gasteiger partial charge is 0.410 e. The minimum atomic E-state index is -2.87. The molecule has 0 saturated carbocycles. The van der Waals surface area contributed by atoms with Gasteiger partial charge in [0.1, 0.15) is 6.61 Å². The zero-order valence-electron chi connectivity index (χ0n) is 40.5. The summed E-state index contributed by atoms with van der Waals surface area (Å²) in [6.45, 7) is 11.5. The van der Waals surface area contributed by atoms with Crippen molar-refractivity contribution in [2.75, 3.05) is 60.9 Å². The fraction of sp³-hybridized carbons (Fsp3) is 0.411. The highest BCUT2D eigenvalue weighted by Gasteiger charge is 2.36. The van der Waals surface area contributed by atoms with E-state index in [2.05, 4.69) is 15.9 Å². The molecule has 5 aromatic carbocycles. The highest BCUT2D eigenvalue weighted by atomic mass is 79.9. The summed E-state index contributed by atoms with van der Waals surface area (Å²) in [4.78, 5) is 44.7. The molecule has 0 radical (unpaired) electrons. The van der Waals surface area contributed by atoms with Crippen molar-refractivity contribution in [2.24, 2.45) is 11.8 Å². The largest absolute Gasteiger partial charge is 0.445 e. The zero-order chi connectivity index (χ0) is 50.1. The molecule has 2 atom stereocenters. The summed E-state index contributed by atoms with van der Waals surface area (Å²) >= 11 is 2.76. The fourth-order valence-corrected chi connectivity index (χ4v) is 8.59. The van der Waals surface area contributed by atoms with Crippen LogP contribution in [0.25, 0.3) is 0 Å². The van der Waals surface area contributed by atoms with Crippen LogP contribution in [0.2, 0.25) is 0 Å². The first-order valence-electron chi connectivity index (χ1n) is 24.1. The molecule has 2 heterocycles. The minimum Gasteiger partial charge on any atom is -0.445 e. The van der Waals surface area contributed by atoms with Crippen LogP contribution >= 0.6 is 15.9 Å². The Hall–Kier alpha value is -5.53. The maximum absolute atomic E-state index is 14.7. The number of hydrogen-bond acceptors (Lipinski definition) is 5. The summed E-state index contributed by atoms with van der Waals surface area (Å²) in [5.41, 5.74) is 2.88. The number of amides is 3. The average Bonchev–Trinajstić information content (AvgIpc) is 3.40. The van der Waals surface area contributed by atoms with Gasteiger partial charge in [0.25, 0.3) is 11.8 Å². The van der Waals surface area contributed by atoms with Crippen molar-refractivity contribution < 1.29 is 36.7 Å². The molecule has 2 aliphatic heterocycles. The molecular formula is C56H69BrF4N4O4. The number of likely N-dealkylation sites (tertiary alicyclic amines) is 2. The van der Waals surface area contributed by atoms with Crippen molar-refractivity contribution in [3.05, 3.63) is 168 Å². The van der Waals surface area contributed by atoms with Gasteiger partial charge < -0.3 is 19.4 Å². The molecule has 13 heteroatoms. The summed E-state index contributed by atoms with van der Waals surface area (Å²) in [7, 11) is 0. The van der Waals surface area contributed by atoms with Crippen LogP contribution in [0.5, 0.6) is 0 Å². The molecule has 2 fully saturated rings. The van der Waals surface area contributed by atoms with Crippen molar-refractivity contribution in [1.82, 2.24) is 9.80 Å². The number of hydrogen-bond donors (Lipinski definition) is 0. The molecule has 0 aromatic heterocycles. The number of carbonyl (C=O) groups is 3. The number of halogens is 5. The summed E-state index contributed by atoms with van der Waals surface area (Å²) in [5.74, 6) is -5.01. The Morgan fingerprint density at radius 2 is 1.00 bits per heavy atom. The Bertz CT molecular complexity index is 2210. The monoisotopic (exact) mass is 1020 g/mol. The lowest BCUT2D eigenvalue weighted by Gasteiger charge is -2.37. The molecular weight excluding hydrogens is 949 g/mol. The van der Waals surface area contributed by atoms with Crippen LogP contribution in [0.4, 0.5) is 33.7 Å². The van der Waals surface area contributed by atoms with Crippen LogP contribution in [0.1, 0.15) is 82.9 Å². The highest BCUT2D eigenvalue weighted by Crippen LogP contribution is 2.32. The van der Waals surface area contributed by atoms with E-state index in [9.17, 15) is 31.9 Å². The number of alkyl halides is 5. The molecule has 0 spiro atoms. The molecule has 69 heavy (non-hydrogen) atoms. The normalized spacial score (nSPS) is 15.9. The van der Waals surface area contributed by atoms with Gasteiger partial charge in [0.15, 0.2) is 0 Å². The van der Waals surface area contributed by atoms with Gasteiger partial charge in [0.2, 0.25) is 11.8 Å². The highest BCUT2D eigenvalue weighted by molar-refractivity contribution is 9.09. The molecule has 0 aliphatic carbocycles. The van der Waals surface area contributed by atoms with Crippen molar-refractivity contribution in [1.29, 1.82) is 0 Å². The van der Waals surface area contributed by atoms with Crippen LogP contribution in [0.15, 0.2) is 152 Å². The van der Waals surface area contributed by atoms with Crippen LogP contribution in [-0.4, -0.2) is 78.9 Å². The molecule has 7 rings (SSSR count). The third-order valence-electron chi connectivity index (χ3n) is 11.8. The van der Waals surface area contributed by atoms with E-state index in [1.807, 2.05) is 133 Å². The second-order valence-corrected chi connectivity index (χ2v) is 17.5. The van der Waals surface area contributed by atoms with E-state index in [1.165, 1.54) is 24.3 Å². The Morgan fingerprint density at radius 1 is 0.594 bits per heavy atom. The summed E-state index contributed by atoms with van der Waals surface area (Å²) in [5, 5.41) is -0.329. The molecule has 5 aromatic rings. The second-order valence-electron chi connectivity index (χ2n) is 16.9. The Balaban J connectivity index is 0.000000240. The number of benzene rings is 5. The predicted molar refractivity (Wildman–Crippen MR) is 274 cm³/mol. The van der Waals surface area contributed by atoms with E-state index in [0.717, 1.165) is 42.6 Å². The number of nitrogens with zero attached hydrogens (tertiary/aromatic N) is 4. The Labute approximate surface area is 415 Å². The van der Waals surface area contributed by atoms with Gasteiger partial charge in [0.05, 0.1) is 11.9 Å². The van der Waals surface area contributed by atoms with Gasteiger partial charge in [0, 0.05) is 68.1 Å². The fourth-order valence-electron chi connectivity index (χ4n) is 8.26. The maximum Gasteiger partial charge on any atom is 0.410 e. The third kappa shape index (κ3) is 18.4. The zero-order valence-corrected chi connectivity index (χ0v) is 42.1. The first-order chi connectivity index (χ1) is 33.3. The van der Waals surface area contributed by atoms with Crippen LogP contribution in [-0.2, 0) is 32.8 Å². The first kappa shape index (κ1) is 56.1. The molecule has 372 valence electrons. The van der Waals surface area contributed by atoms with Gasteiger partial charge in [-0.3, -0.25) is 14.5 Å². The van der Waals surface area contributed by atoms with Gasteiger partial charge in [-0.25, -0.2) is 13.6 Å². The average molecular weight is 1020 g/mol. The van der Waals surface area contributed by atoms with E-state index in [-0.39, 0.29) is 59.4 Å². The van der Waals surface area contributed by atoms with E-state index in [1.54, 1.807) is 41.3 Å². The quantitative estimate of drug-likeness (QED) is 0.0772. The van der Waals surface area contributed by atoms with Crippen LogP contribution < -0.4 is 9.80 Å². The molecule has 0 N–H and O–H groups in total. The van der Waals surface area contributed by atoms with E-state index in [0.29, 0.717) is 52.1 Å². The van der Waals surface area contributed by atoms with Crippen molar-refractivity contribution in [2.45, 2.75) is 84.7 Å². The lowest BCUT2D eigenvalue weighted by Crippen LogP contribution is -2.46. The number of para-hydroxylation sites is 2. The molecule has 0 unspecified atom stereocenters. The Kier molecular flexibility index (Phi) is 24.0. The SMILES string of the molecule is CC.CCC(=O)N(C[C@@H]1CCCN(C(=O)OCc2ccccc2)C1)c1ccccc1.CCC(=O)N(C[C@@H]1CCCN(CC(F)(F)c2ccccc2)C1)c1ccccc1.FC(F)(CBr)c1ccccc1. The van der Waals surface area contributed by atoms with Gasteiger partial charge in [-0.1, -0.05) is 171 Å². The van der Waals surface area contributed by atoms with Crippen molar-refractivity contribution in [3.63, 3.8) is 0 Å². The molecule has 2 saturated heterocycles. The number of carbonyl (C=O) groups excluding carboxylic acids is 3. The van der Waals surface area contributed by atoms with Crippen molar-refractivity contribution >= 4 is 45.2 Å². The number of anilines is 2. The maximum atomic E-state index is 14.7. The van der Waals surface area contributed by atoms with Crippen LogP contribution in [0, 0.1) is 11.8 Å². The summed E-state index contributed by atoms with van der Waals surface area (Å²) < 4.78 is 60.5. The van der Waals surface area contributed by atoms with E-state index < -0.39 is 11.8 Å². The number of rotatable bonds is 15. The van der Waals surface area contributed by atoms with Gasteiger partial charge in [-0.2, -0.15) is 8.78 Å². The minimum absolute atomic E-state index is 0.0527. The Morgan fingerprint density at radius 3 is 1.45 bits per heavy atom. The summed E-state index contributed by atoms with van der Waals surface area (Å²) in [6.07, 6.45) is 4.37. The van der Waals surface area contributed by atoms with Gasteiger partial charge >= 0.3 is 6.09 Å². The molecule has 3 amide bonds. The predicted octanol–water partition coefficient (Wildman–Crippen LogP) is 13.6. The third-order valence-corrected chi connectivity index (χ3v) is 12.5.